The lowest BCUT2D eigenvalue weighted by molar-refractivity contribution is -0.298. The average Bonchev–Trinajstić information content (AvgIpc) is 3.62. The first kappa shape index (κ1) is 43.9. The smallest absolute Gasteiger partial charge is 0.339 e. The van der Waals surface area contributed by atoms with E-state index in [4.69, 9.17) is 28.4 Å². The number of rotatable bonds is 16. The van der Waals surface area contributed by atoms with Crippen molar-refractivity contribution in [2.24, 2.45) is 0 Å². The summed E-state index contributed by atoms with van der Waals surface area (Å²) in [5.74, 6) is -2.81. The third kappa shape index (κ3) is 12.1. The first-order valence-corrected chi connectivity index (χ1v) is 18.0. The molecule has 4 rings (SSSR count). The zero-order valence-electron chi connectivity index (χ0n) is 31.1. The molecule has 1 aromatic carbocycles. The maximum absolute atomic E-state index is 13.5. The number of carbonyl (C=O) groups is 4. The number of benzene rings is 1. The Kier molecular flexibility index (Phi) is 15.9. The molecule has 0 spiro atoms. The largest absolute Gasteiger partial charge is 0.460 e. The van der Waals surface area contributed by atoms with Gasteiger partial charge in [0.2, 0.25) is 11.8 Å². The van der Waals surface area contributed by atoms with Gasteiger partial charge in [-0.15, -0.1) is 0 Å². The van der Waals surface area contributed by atoms with Crippen LogP contribution in [0.25, 0.3) is 6.08 Å². The molecule has 8 N–H and O–H groups in total. The molecule has 11 unspecified atom stereocenters. The van der Waals surface area contributed by atoms with Gasteiger partial charge in [0, 0.05) is 18.4 Å². The van der Waals surface area contributed by atoms with Crippen molar-refractivity contribution < 1.29 is 78.2 Å². The van der Waals surface area contributed by atoms with Gasteiger partial charge in [-0.1, -0.05) is 30.4 Å². The van der Waals surface area contributed by atoms with Crippen LogP contribution in [0, 0.1) is 0 Å². The minimum absolute atomic E-state index is 0.0467. The van der Waals surface area contributed by atoms with Crippen LogP contribution in [-0.4, -0.2) is 154 Å². The minimum Gasteiger partial charge on any atom is -0.460 e. The molecule has 2 amide bonds. The summed E-state index contributed by atoms with van der Waals surface area (Å²) in [4.78, 5) is 52.4. The molecule has 1 aliphatic carbocycles. The summed E-state index contributed by atoms with van der Waals surface area (Å²) < 4.78 is 33.2. The Hall–Kier alpha value is -3.82. The predicted molar refractivity (Wildman–Crippen MR) is 189 cm³/mol. The van der Waals surface area contributed by atoms with E-state index in [1.165, 1.54) is 25.1 Å². The van der Waals surface area contributed by atoms with Crippen molar-refractivity contribution in [1.29, 1.82) is 0 Å². The zero-order chi connectivity index (χ0) is 40.4. The molecule has 0 radical (unpaired) electrons. The maximum atomic E-state index is 13.5. The summed E-state index contributed by atoms with van der Waals surface area (Å²) in [7, 11) is 0. The SMILES string of the molecule is CC(O)C(NC(=O)C1=CC2OCOC2C(OC(=O)c2ccccc2C=CCOC2OC(CO)C(O)C(O)C2O)C1)C(=O)NC(CO)CCC(=O)OC(C)(C)C. The van der Waals surface area contributed by atoms with Crippen molar-refractivity contribution in [2.45, 2.75) is 120 Å². The topological polar surface area (TPSA) is 269 Å². The van der Waals surface area contributed by atoms with Crippen LogP contribution < -0.4 is 10.6 Å². The van der Waals surface area contributed by atoms with Crippen molar-refractivity contribution in [3.63, 3.8) is 0 Å². The van der Waals surface area contributed by atoms with Crippen LogP contribution in [0.2, 0.25) is 0 Å². The molecular formula is C37H52N2O16. The van der Waals surface area contributed by atoms with Crippen LogP contribution in [-0.2, 0) is 42.8 Å². The second kappa shape index (κ2) is 19.9. The number of esters is 2. The molecule has 2 fully saturated rings. The number of aliphatic hydroxyl groups excluding tert-OH is 6. The second-order valence-electron chi connectivity index (χ2n) is 14.4. The van der Waals surface area contributed by atoms with Gasteiger partial charge in [0.15, 0.2) is 6.29 Å². The molecule has 2 saturated heterocycles. The first-order valence-electron chi connectivity index (χ1n) is 18.0. The van der Waals surface area contributed by atoms with Gasteiger partial charge in [-0.2, -0.15) is 0 Å². The normalized spacial score (nSPS) is 28.4. The molecule has 0 saturated carbocycles. The lowest BCUT2D eigenvalue weighted by Gasteiger charge is -2.39. The molecule has 2 heterocycles. The quantitative estimate of drug-likeness (QED) is 0.0895. The highest BCUT2D eigenvalue weighted by molar-refractivity contribution is 5.98. The molecule has 18 nitrogen and oxygen atoms in total. The fourth-order valence-electron chi connectivity index (χ4n) is 6.11. The van der Waals surface area contributed by atoms with Crippen LogP contribution in [0.1, 0.15) is 62.9 Å². The lowest BCUT2D eigenvalue weighted by Crippen LogP contribution is -2.59. The van der Waals surface area contributed by atoms with Crippen molar-refractivity contribution >= 4 is 29.8 Å². The number of fused-ring (bicyclic) bond motifs is 1. The third-order valence-corrected chi connectivity index (χ3v) is 8.97. The van der Waals surface area contributed by atoms with Crippen molar-refractivity contribution in [3.8, 4) is 0 Å². The van der Waals surface area contributed by atoms with Crippen molar-refractivity contribution in [2.75, 3.05) is 26.6 Å². The minimum atomic E-state index is -1.60. The summed E-state index contributed by atoms with van der Waals surface area (Å²) in [5, 5.41) is 64.8. The van der Waals surface area contributed by atoms with Gasteiger partial charge in [0.1, 0.15) is 61.2 Å². The highest BCUT2D eigenvalue weighted by Crippen LogP contribution is 2.31. The summed E-state index contributed by atoms with van der Waals surface area (Å²) in [6.07, 6.45) is -6.67. The van der Waals surface area contributed by atoms with Crippen molar-refractivity contribution in [1.82, 2.24) is 10.6 Å². The van der Waals surface area contributed by atoms with E-state index < -0.39 is 110 Å². The Morgan fingerprint density at radius 1 is 1.02 bits per heavy atom. The number of hydrogen-bond donors (Lipinski definition) is 8. The van der Waals surface area contributed by atoms with Gasteiger partial charge in [-0.3, -0.25) is 14.4 Å². The highest BCUT2D eigenvalue weighted by Gasteiger charge is 2.45. The molecule has 0 bridgehead atoms. The molecule has 0 aromatic heterocycles. The van der Waals surface area contributed by atoms with Crippen LogP contribution in [0.4, 0.5) is 0 Å². The number of nitrogens with one attached hydrogen (secondary N) is 2. The summed E-state index contributed by atoms with van der Waals surface area (Å²) >= 11 is 0. The van der Waals surface area contributed by atoms with E-state index >= 15 is 0 Å². The Morgan fingerprint density at radius 2 is 1.75 bits per heavy atom. The maximum Gasteiger partial charge on any atom is 0.339 e. The van der Waals surface area contributed by atoms with Gasteiger partial charge < -0.3 is 69.7 Å². The van der Waals surface area contributed by atoms with Gasteiger partial charge in [-0.05, 0) is 51.8 Å². The number of ether oxygens (including phenoxy) is 6. The summed E-state index contributed by atoms with van der Waals surface area (Å²) in [6, 6.07) is 4.15. The molecule has 55 heavy (non-hydrogen) atoms. The van der Waals surface area contributed by atoms with Gasteiger partial charge in [-0.25, -0.2) is 4.79 Å². The van der Waals surface area contributed by atoms with Crippen LogP contribution in [0.15, 0.2) is 42.0 Å². The van der Waals surface area contributed by atoms with Gasteiger partial charge in [0.05, 0.1) is 37.5 Å². The molecular weight excluding hydrogens is 728 g/mol. The molecule has 11 atom stereocenters. The van der Waals surface area contributed by atoms with Gasteiger partial charge in [0.25, 0.3) is 0 Å². The Labute approximate surface area is 318 Å². The Balaban J connectivity index is 1.37. The Bertz CT molecular complexity index is 1540. The molecule has 306 valence electrons. The highest BCUT2D eigenvalue weighted by atomic mass is 16.7. The second-order valence-corrected chi connectivity index (χ2v) is 14.4. The monoisotopic (exact) mass is 780 g/mol. The van der Waals surface area contributed by atoms with E-state index in [-0.39, 0.29) is 43.8 Å². The predicted octanol–water partition coefficient (Wildman–Crippen LogP) is -1.42. The van der Waals surface area contributed by atoms with Crippen LogP contribution in [0.3, 0.4) is 0 Å². The van der Waals surface area contributed by atoms with E-state index in [0.717, 1.165) is 0 Å². The van der Waals surface area contributed by atoms with E-state index in [2.05, 4.69) is 10.6 Å². The molecule has 3 aliphatic rings. The Morgan fingerprint density at radius 3 is 2.42 bits per heavy atom. The van der Waals surface area contributed by atoms with E-state index in [0.29, 0.717) is 5.56 Å². The molecule has 1 aromatic rings. The fourth-order valence-corrected chi connectivity index (χ4v) is 6.11. The summed E-state index contributed by atoms with van der Waals surface area (Å²) in [6.45, 7) is 5.04. The lowest BCUT2D eigenvalue weighted by atomic mass is 9.91. The zero-order valence-corrected chi connectivity index (χ0v) is 31.1. The van der Waals surface area contributed by atoms with Crippen LogP contribution in [0.5, 0.6) is 0 Å². The standard InChI is InChI=1S/C37H52N2O16/c1-19(42)28(34(48)38-22(16-40)11-12-27(43)55-37(2,3)4)39-33(47)21-14-24-32(52-18-51-24)25(15-21)53-35(49)23-10-6-5-8-20(23)9-7-13-50-36-31(46)30(45)29(44)26(17-41)54-36/h5-10,14,19,22,24-26,28-32,36,40-42,44-46H,11-13,15-18H2,1-4H3,(H,38,48)(H,39,47). The average molecular weight is 781 g/mol. The number of carbonyl (C=O) groups excluding carboxylic acids is 4. The number of amides is 2. The van der Waals surface area contributed by atoms with E-state index in [1.807, 2.05) is 0 Å². The van der Waals surface area contributed by atoms with Crippen LogP contribution >= 0.6 is 0 Å². The molecule has 2 aliphatic heterocycles. The number of aliphatic hydroxyl groups is 6. The third-order valence-electron chi connectivity index (χ3n) is 8.97. The van der Waals surface area contributed by atoms with Crippen molar-refractivity contribution in [3.05, 3.63) is 53.1 Å². The van der Waals surface area contributed by atoms with Gasteiger partial charge >= 0.3 is 11.9 Å². The summed E-state index contributed by atoms with van der Waals surface area (Å²) in [5.41, 5.74) is -0.0313. The fraction of sp³-hybridized carbons (Fsp3) is 0.622. The van der Waals surface area contributed by atoms with E-state index in [9.17, 15) is 49.8 Å². The first-order chi connectivity index (χ1) is 26.0. The molecule has 18 heteroatoms. The van der Waals surface area contributed by atoms with E-state index in [1.54, 1.807) is 45.0 Å². The number of hydrogen-bond acceptors (Lipinski definition) is 16.